The van der Waals surface area contributed by atoms with Gasteiger partial charge in [0, 0.05) is 25.7 Å². The summed E-state index contributed by atoms with van der Waals surface area (Å²) in [5.74, 6) is 0.205. The molecule has 0 aromatic carbocycles. The number of aromatic nitrogens is 1. The van der Waals surface area contributed by atoms with E-state index in [2.05, 4.69) is 4.98 Å². The van der Waals surface area contributed by atoms with Gasteiger partial charge in [0.1, 0.15) is 11.7 Å². The standard InChI is InChI=1S/C13H16N2O4/c16-9-6-15(7-9)13(17)11-2-1-4-14-12(11)19-10-3-5-18-8-10/h1-2,4,9-10,16H,3,5-8H2/t10-/m1/s1. The van der Waals surface area contributed by atoms with Crippen LogP contribution in [0.1, 0.15) is 16.8 Å². The Morgan fingerprint density at radius 3 is 3.05 bits per heavy atom. The van der Waals surface area contributed by atoms with Crippen molar-refractivity contribution in [1.82, 2.24) is 9.88 Å². The molecule has 6 nitrogen and oxygen atoms in total. The molecule has 102 valence electrons. The lowest BCUT2D eigenvalue weighted by Crippen LogP contribution is -2.53. The van der Waals surface area contributed by atoms with Gasteiger partial charge in [-0.1, -0.05) is 0 Å². The third kappa shape index (κ3) is 2.54. The smallest absolute Gasteiger partial charge is 0.259 e. The Labute approximate surface area is 111 Å². The molecule has 1 atom stereocenters. The summed E-state index contributed by atoms with van der Waals surface area (Å²) < 4.78 is 11.0. The van der Waals surface area contributed by atoms with E-state index in [4.69, 9.17) is 9.47 Å². The molecular formula is C13H16N2O4. The molecule has 3 rings (SSSR count). The highest BCUT2D eigenvalue weighted by Crippen LogP contribution is 2.22. The normalized spacial score (nSPS) is 23.2. The molecule has 0 bridgehead atoms. The minimum Gasteiger partial charge on any atom is -0.471 e. The number of carbonyl (C=O) groups is 1. The minimum absolute atomic E-state index is 0.0385. The zero-order valence-corrected chi connectivity index (χ0v) is 10.5. The van der Waals surface area contributed by atoms with Gasteiger partial charge in [-0.25, -0.2) is 4.98 Å². The van der Waals surface area contributed by atoms with Crippen LogP contribution in [0.2, 0.25) is 0 Å². The number of nitrogens with zero attached hydrogens (tertiary/aromatic N) is 2. The number of amides is 1. The molecule has 2 saturated heterocycles. The largest absolute Gasteiger partial charge is 0.471 e. The molecule has 19 heavy (non-hydrogen) atoms. The Hall–Kier alpha value is -1.66. The van der Waals surface area contributed by atoms with E-state index in [-0.39, 0.29) is 12.0 Å². The number of rotatable bonds is 3. The predicted molar refractivity (Wildman–Crippen MR) is 66.0 cm³/mol. The molecule has 2 fully saturated rings. The lowest BCUT2D eigenvalue weighted by atomic mass is 10.1. The molecule has 0 spiro atoms. The van der Waals surface area contributed by atoms with E-state index in [1.807, 2.05) is 0 Å². The quantitative estimate of drug-likeness (QED) is 0.836. The number of hydrogen-bond donors (Lipinski definition) is 1. The second-order valence-electron chi connectivity index (χ2n) is 4.82. The second kappa shape index (κ2) is 5.14. The van der Waals surface area contributed by atoms with Crippen molar-refractivity contribution in [1.29, 1.82) is 0 Å². The molecule has 1 amide bonds. The average Bonchev–Trinajstić information content (AvgIpc) is 2.88. The third-order valence-corrected chi connectivity index (χ3v) is 3.32. The number of aliphatic hydroxyl groups excluding tert-OH is 1. The predicted octanol–water partition coefficient (Wildman–Crippen LogP) is 0.0660. The van der Waals surface area contributed by atoms with Crippen molar-refractivity contribution in [3.8, 4) is 5.88 Å². The van der Waals surface area contributed by atoms with Gasteiger partial charge in [-0.3, -0.25) is 4.79 Å². The van der Waals surface area contributed by atoms with E-state index in [9.17, 15) is 9.90 Å². The van der Waals surface area contributed by atoms with Crippen LogP contribution in [0.5, 0.6) is 5.88 Å². The van der Waals surface area contributed by atoms with Crippen molar-refractivity contribution >= 4 is 5.91 Å². The number of aliphatic hydroxyl groups is 1. The van der Waals surface area contributed by atoms with Crippen LogP contribution in [-0.2, 0) is 4.74 Å². The maximum atomic E-state index is 12.2. The molecule has 1 aromatic heterocycles. The molecule has 0 unspecified atom stereocenters. The van der Waals surface area contributed by atoms with Crippen molar-refractivity contribution < 1.29 is 19.4 Å². The van der Waals surface area contributed by atoms with E-state index < -0.39 is 6.10 Å². The van der Waals surface area contributed by atoms with Gasteiger partial charge in [0.05, 0.1) is 19.3 Å². The second-order valence-corrected chi connectivity index (χ2v) is 4.82. The van der Waals surface area contributed by atoms with Crippen LogP contribution >= 0.6 is 0 Å². The fraction of sp³-hybridized carbons (Fsp3) is 0.538. The molecule has 0 radical (unpaired) electrons. The number of β-amino-alcohol motifs (C(OH)–C–C–N with tert-alkyl or cyclic N) is 1. The summed E-state index contributed by atoms with van der Waals surface area (Å²) in [6, 6.07) is 3.41. The molecule has 3 heterocycles. The molecule has 2 aliphatic heterocycles. The first-order valence-electron chi connectivity index (χ1n) is 6.41. The maximum absolute atomic E-state index is 12.2. The van der Waals surface area contributed by atoms with E-state index in [0.29, 0.717) is 37.7 Å². The summed E-state index contributed by atoms with van der Waals surface area (Å²) in [7, 11) is 0. The summed E-state index contributed by atoms with van der Waals surface area (Å²) >= 11 is 0. The highest BCUT2D eigenvalue weighted by molar-refractivity contribution is 5.96. The molecule has 1 aromatic rings. The minimum atomic E-state index is -0.409. The highest BCUT2D eigenvalue weighted by atomic mass is 16.5. The van der Waals surface area contributed by atoms with Gasteiger partial charge >= 0.3 is 0 Å². The van der Waals surface area contributed by atoms with E-state index in [1.165, 1.54) is 0 Å². The van der Waals surface area contributed by atoms with Crippen LogP contribution in [-0.4, -0.2) is 59.4 Å². The summed E-state index contributed by atoms with van der Waals surface area (Å²) in [6.45, 7) is 1.96. The summed E-state index contributed by atoms with van der Waals surface area (Å²) in [5.41, 5.74) is 0.446. The van der Waals surface area contributed by atoms with Crippen molar-refractivity contribution in [2.45, 2.75) is 18.6 Å². The Morgan fingerprint density at radius 2 is 2.37 bits per heavy atom. The van der Waals surface area contributed by atoms with Gasteiger partial charge in [-0.15, -0.1) is 0 Å². The Balaban J connectivity index is 1.74. The van der Waals surface area contributed by atoms with Crippen LogP contribution in [0.4, 0.5) is 0 Å². The van der Waals surface area contributed by atoms with Gasteiger partial charge in [0.15, 0.2) is 0 Å². The summed E-state index contributed by atoms with van der Waals surface area (Å²) in [5, 5.41) is 9.26. The van der Waals surface area contributed by atoms with Crippen LogP contribution in [0.25, 0.3) is 0 Å². The van der Waals surface area contributed by atoms with Crippen LogP contribution in [0, 0.1) is 0 Å². The number of ether oxygens (including phenoxy) is 2. The van der Waals surface area contributed by atoms with Crippen molar-refractivity contribution in [3.63, 3.8) is 0 Å². The monoisotopic (exact) mass is 264 g/mol. The number of likely N-dealkylation sites (tertiary alicyclic amines) is 1. The maximum Gasteiger partial charge on any atom is 0.259 e. The third-order valence-electron chi connectivity index (χ3n) is 3.32. The fourth-order valence-electron chi connectivity index (χ4n) is 2.20. The van der Waals surface area contributed by atoms with Crippen molar-refractivity contribution in [3.05, 3.63) is 23.9 Å². The zero-order valence-electron chi connectivity index (χ0n) is 10.5. The Morgan fingerprint density at radius 1 is 1.53 bits per heavy atom. The number of hydrogen-bond acceptors (Lipinski definition) is 5. The molecule has 1 N–H and O–H groups in total. The molecule has 0 aliphatic carbocycles. The summed E-state index contributed by atoms with van der Waals surface area (Å²) in [6.07, 6.45) is 1.97. The first-order valence-corrected chi connectivity index (χ1v) is 6.41. The fourth-order valence-corrected chi connectivity index (χ4v) is 2.20. The van der Waals surface area contributed by atoms with Crippen LogP contribution in [0.3, 0.4) is 0 Å². The van der Waals surface area contributed by atoms with Gasteiger partial charge < -0.3 is 19.5 Å². The Kier molecular flexibility index (Phi) is 3.35. The van der Waals surface area contributed by atoms with Gasteiger partial charge in [0.25, 0.3) is 5.91 Å². The SMILES string of the molecule is O=C(c1cccnc1O[C@@H]1CCOC1)N1CC(O)C1. The van der Waals surface area contributed by atoms with Gasteiger partial charge in [0.2, 0.25) is 5.88 Å². The number of carbonyl (C=O) groups excluding carboxylic acids is 1. The van der Waals surface area contributed by atoms with E-state index >= 15 is 0 Å². The first kappa shape index (κ1) is 12.4. The lowest BCUT2D eigenvalue weighted by Gasteiger charge is -2.36. The van der Waals surface area contributed by atoms with Gasteiger partial charge in [-0.2, -0.15) is 0 Å². The van der Waals surface area contributed by atoms with Gasteiger partial charge in [-0.05, 0) is 12.1 Å². The first-order chi connectivity index (χ1) is 9.24. The van der Waals surface area contributed by atoms with Crippen LogP contribution < -0.4 is 4.74 Å². The van der Waals surface area contributed by atoms with Crippen molar-refractivity contribution in [2.75, 3.05) is 26.3 Å². The lowest BCUT2D eigenvalue weighted by molar-refractivity contribution is 0.00544. The Bertz CT molecular complexity index is 467. The molecule has 0 saturated carbocycles. The van der Waals surface area contributed by atoms with E-state index in [1.54, 1.807) is 23.2 Å². The molecule has 2 aliphatic rings. The average molecular weight is 264 g/mol. The van der Waals surface area contributed by atoms with E-state index in [0.717, 1.165) is 6.42 Å². The topological polar surface area (TPSA) is 71.9 Å². The highest BCUT2D eigenvalue weighted by Gasteiger charge is 2.32. The molecule has 6 heteroatoms. The van der Waals surface area contributed by atoms with Crippen molar-refractivity contribution in [2.24, 2.45) is 0 Å². The summed E-state index contributed by atoms with van der Waals surface area (Å²) in [4.78, 5) is 17.9. The molecular weight excluding hydrogens is 248 g/mol. The van der Waals surface area contributed by atoms with Crippen LogP contribution in [0.15, 0.2) is 18.3 Å². The number of pyridine rings is 1. The zero-order chi connectivity index (χ0) is 13.2.